The third-order valence-electron chi connectivity index (χ3n) is 3.91. The Kier molecular flexibility index (Phi) is 5.12. The molecule has 2 rings (SSSR count). The lowest BCUT2D eigenvalue weighted by Gasteiger charge is -2.20. The van der Waals surface area contributed by atoms with E-state index in [-0.39, 0.29) is 0 Å². The van der Waals surface area contributed by atoms with Crippen molar-refractivity contribution in [1.29, 1.82) is 0 Å². The zero-order chi connectivity index (χ0) is 14.5. The van der Waals surface area contributed by atoms with Crippen LogP contribution in [0, 0.1) is 19.8 Å². The summed E-state index contributed by atoms with van der Waals surface area (Å²) in [4.78, 5) is 0. The van der Waals surface area contributed by atoms with E-state index in [1.165, 1.54) is 36.1 Å². The number of nitrogens with one attached hydrogen (secondary N) is 2. The monoisotopic (exact) mass is 289 g/mol. The SMILES string of the molecule is Cc1cccc(C)c1NC(=S)N/N=C1/CCCC[C@@H]1C. The van der Waals surface area contributed by atoms with Crippen LogP contribution >= 0.6 is 12.2 Å². The first-order valence-electron chi connectivity index (χ1n) is 7.27. The van der Waals surface area contributed by atoms with E-state index in [1.807, 2.05) is 0 Å². The molecule has 0 spiro atoms. The van der Waals surface area contributed by atoms with Crippen LogP contribution in [0.1, 0.15) is 43.7 Å². The highest BCUT2D eigenvalue weighted by Gasteiger charge is 2.15. The fourth-order valence-electron chi connectivity index (χ4n) is 2.61. The molecular weight excluding hydrogens is 266 g/mol. The zero-order valence-corrected chi connectivity index (χ0v) is 13.3. The third-order valence-corrected chi connectivity index (χ3v) is 4.10. The molecule has 0 aromatic heterocycles. The minimum Gasteiger partial charge on any atom is -0.331 e. The smallest absolute Gasteiger partial charge is 0.191 e. The lowest BCUT2D eigenvalue weighted by Crippen LogP contribution is -2.28. The van der Waals surface area contributed by atoms with Gasteiger partial charge in [-0.05, 0) is 62.4 Å². The van der Waals surface area contributed by atoms with Crippen molar-refractivity contribution in [3.05, 3.63) is 29.3 Å². The predicted molar refractivity (Wildman–Crippen MR) is 90.3 cm³/mol. The highest BCUT2D eigenvalue weighted by molar-refractivity contribution is 7.80. The lowest BCUT2D eigenvalue weighted by molar-refractivity contribution is 0.555. The molecule has 0 heterocycles. The van der Waals surface area contributed by atoms with Crippen molar-refractivity contribution in [3.8, 4) is 0 Å². The molecule has 1 saturated carbocycles. The summed E-state index contributed by atoms with van der Waals surface area (Å²) in [6.07, 6.45) is 4.87. The number of hydrogen-bond donors (Lipinski definition) is 2. The van der Waals surface area contributed by atoms with Crippen LogP contribution in [0.15, 0.2) is 23.3 Å². The molecule has 1 aliphatic carbocycles. The van der Waals surface area contributed by atoms with Gasteiger partial charge >= 0.3 is 0 Å². The van der Waals surface area contributed by atoms with Crippen LogP contribution in [0.2, 0.25) is 0 Å². The van der Waals surface area contributed by atoms with Crippen LogP contribution in [-0.4, -0.2) is 10.8 Å². The summed E-state index contributed by atoms with van der Waals surface area (Å²) in [6.45, 7) is 6.39. The summed E-state index contributed by atoms with van der Waals surface area (Å²) in [6, 6.07) is 6.20. The van der Waals surface area contributed by atoms with Gasteiger partial charge in [-0.15, -0.1) is 0 Å². The van der Waals surface area contributed by atoms with Crippen LogP contribution in [0.5, 0.6) is 0 Å². The minimum absolute atomic E-state index is 0.563. The Morgan fingerprint density at radius 2 is 1.95 bits per heavy atom. The molecule has 1 fully saturated rings. The van der Waals surface area contributed by atoms with Gasteiger partial charge in [0.15, 0.2) is 5.11 Å². The van der Waals surface area contributed by atoms with Gasteiger partial charge in [0.25, 0.3) is 0 Å². The normalized spacial score (nSPS) is 20.8. The number of para-hydroxylation sites is 1. The number of anilines is 1. The molecule has 0 radical (unpaired) electrons. The number of benzene rings is 1. The highest BCUT2D eigenvalue weighted by atomic mass is 32.1. The maximum absolute atomic E-state index is 5.33. The van der Waals surface area contributed by atoms with Gasteiger partial charge in [0.05, 0.1) is 0 Å². The van der Waals surface area contributed by atoms with E-state index in [4.69, 9.17) is 12.2 Å². The predicted octanol–water partition coefficient (Wildman–Crippen LogP) is 4.16. The summed E-state index contributed by atoms with van der Waals surface area (Å²) in [5.41, 5.74) is 7.68. The molecule has 3 nitrogen and oxygen atoms in total. The van der Waals surface area contributed by atoms with Gasteiger partial charge in [-0.25, -0.2) is 0 Å². The number of hydrogen-bond acceptors (Lipinski definition) is 2. The molecule has 4 heteroatoms. The number of nitrogens with zero attached hydrogens (tertiary/aromatic N) is 1. The molecule has 0 saturated heterocycles. The maximum atomic E-state index is 5.33. The van der Waals surface area contributed by atoms with Crippen molar-refractivity contribution in [2.45, 2.75) is 46.5 Å². The van der Waals surface area contributed by atoms with Crippen LogP contribution in [-0.2, 0) is 0 Å². The van der Waals surface area contributed by atoms with E-state index in [2.05, 4.69) is 54.8 Å². The van der Waals surface area contributed by atoms with Crippen molar-refractivity contribution in [3.63, 3.8) is 0 Å². The van der Waals surface area contributed by atoms with Crippen molar-refractivity contribution in [2.75, 3.05) is 5.32 Å². The quantitative estimate of drug-likeness (QED) is 0.634. The molecule has 0 unspecified atom stereocenters. The van der Waals surface area contributed by atoms with Crippen LogP contribution in [0.25, 0.3) is 0 Å². The van der Waals surface area contributed by atoms with Gasteiger partial charge in [-0.2, -0.15) is 5.10 Å². The van der Waals surface area contributed by atoms with Gasteiger partial charge in [0, 0.05) is 11.4 Å². The molecule has 1 aromatic rings. The standard InChI is InChI=1S/C16H23N3S/c1-11-7-4-5-10-14(11)18-19-16(20)17-15-12(2)8-6-9-13(15)3/h6,8-9,11H,4-5,7,10H2,1-3H3,(H2,17,19,20)/b18-14-/t11-/m0/s1. The second kappa shape index (κ2) is 6.84. The first-order valence-corrected chi connectivity index (χ1v) is 7.68. The Balaban J connectivity index is 1.97. The Bertz CT molecular complexity index is 502. The Labute approximate surface area is 126 Å². The maximum Gasteiger partial charge on any atom is 0.191 e. The molecule has 0 amide bonds. The van der Waals surface area contributed by atoms with E-state index in [1.54, 1.807) is 0 Å². The first-order chi connectivity index (χ1) is 9.58. The topological polar surface area (TPSA) is 36.4 Å². The highest BCUT2D eigenvalue weighted by Crippen LogP contribution is 2.21. The van der Waals surface area contributed by atoms with Crippen molar-refractivity contribution >= 4 is 28.7 Å². The van der Waals surface area contributed by atoms with Gasteiger partial charge in [-0.3, -0.25) is 5.43 Å². The average Bonchev–Trinajstić information content (AvgIpc) is 2.42. The van der Waals surface area contributed by atoms with Gasteiger partial charge in [0.2, 0.25) is 0 Å². The molecular formula is C16H23N3S. The van der Waals surface area contributed by atoms with E-state index >= 15 is 0 Å². The fourth-order valence-corrected chi connectivity index (χ4v) is 2.76. The van der Waals surface area contributed by atoms with Crippen LogP contribution < -0.4 is 10.7 Å². The molecule has 0 aliphatic heterocycles. The molecule has 0 bridgehead atoms. The number of hydrazone groups is 1. The zero-order valence-electron chi connectivity index (χ0n) is 12.5. The van der Waals surface area contributed by atoms with E-state index < -0.39 is 0 Å². The van der Waals surface area contributed by atoms with E-state index in [0.29, 0.717) is 11.0 Å². The molecule has 1 aromatic carbocycles. The summed E-state index contributed by atoms with van der Waals surface area (Å²) in [5.74, 6) is 0.569. The minimum atomic E-state index is 0.563. The van der Waals surface area contributed by atoms with Gasteiger partial charge in [0.1, 0.15) is 0 Å². The number of thiocarbonyl (C=S) groups is 1. The van der Waals surface area contributed by atoms with Gasteiger partial charge in [-0.1, -0.05) is 31.5 Å². The van der Waals surface area contributed by atoms with Crippen LogP contribution in [0.4, 0.5) is 5.69 Å². The Hall–Kier alpha value is -1.42. The average molecular weight is 289 g/mol. The van der Waals surface area contributed by atoms with E-state index in [9.17, 15) is 0 Å². The second-order valence-electron chi connectivity index (χ2n) is 5.58. The molecule has 1 atom stereocenters. The molecule has 1 aliphatic rings. The summed E-state index contributed by atoms with van der Waals surface area (Å²) >= 11 is 5.33. The second-order valence-corrected chi connectivity index (χ2v) is 5.99. The summed E-state index contributed by atoms with van der Waals surface area (Å²) in [5, 5.41) is 8.29. The molecule has 2 N–H and O–H groups in total. The number of aryl methyl sites for hydroxylation is 2. The summed E-state index contributed by atoms with van der Waals surface area (Å²) in [7, 11) is 0. The summed E-state index contributed by atoms with van der Waals surface area (Å²) < 4.78 is 0. The van der Waals surface area contributed by atoms with Crippen molar-refractivity contribution < 1.29 is 0 Å². The van der Waals surface area contributed by atoms with Crippen molar-refractivity contribution in [1.82, 2.24) is 5.43 Å². The third kappa shape index (κ3) is 3.79. The molecule has 20 heavy (non-hydrogen) atoms. The Morgan fingerprint density at radius 1 is 1.25 bits per heavy atom. The van der Waals surface area contributed by atoms with Crippen molar-refractivity contribution in [2.24, 2.45) is 11.0 Å². The number of rotatable bonds is 2. The van der Waals surface area contributed by atoms with E-state index in [0.717, 1.165) is 12.1 Å². The largest absolute Gasteiger partial charge is 0.331 e. The molecule has 108 valence electrons. The van der Waals surface area contributed by atoms with Crippen LogP contribution in [0.3, 0.4) is 0 Å². The van der Waals surface area contributed by atoms with Gasteiger partial charge < -0.3 is 5.32 Å². The first kappa shape index (κ1) is 15.0. The Morgan fingerprint density at radius 3 is 2.60 bits per heavy atom. The fraction of sp³-hybridized carbons (Fsp3) is 0.500. The lowest BCUT2D eigenvalue weighted by atomic mass is 9.89.